The topological polar surface area (TPSA) is 3.24 Å². The van der Waals surface area contributed by atoms with Crippen molar-refractivity contribution in [3.8, 4) is 0 Å². The van der Waals surface area contributed by atoms with Crippen LogP contribution in [0.4, 0.5) is 0 Å². The van der Waals surface area contributed by atoms with E-state index in [9.17, 15) is 0 Å². The third-order valence-corrected chi connectivity index (χ3v) is 5.54. The van der Waals surface area contributed by atoms with Crippen LogP contribution in [0.15, 0.2) is 0 Å². The van der Waals surface area contributed by atoms with Crippen LogP contribution in [0.3, 0.4) is 0 Å². The minimum Gasteiger partial charge on any atom is -0.297 e. The first-order valence-electron chi connectivity index (χ1n) is 7.60. The Balaban J connectivity index is 1.60. The molecular weight excluding hydrogens is 194 g/mol. The summed E-state index contributed by atoms with van der Waals surface area (Å²) >= 11 is 0. The van der Waals surface area contributed by atoms with Gasteiger partial charge in [0.1, 0.15) is 0 Å². The Labute approximate surface area is 101 Å². The number of unbranched alkanes of at least 4 members (excludes halogenated alkanes) is 1. The normalized spacial score (nSPS) is 42.4. The molecule has 1 nitrogen and oxygen atoms in total. The number of nitrogens with zero attached hydrogens (tertiary/aromatic N) is 1. The van der Waals surface area contributed by atoms with Crippen molar-refractivity contribution >= 4 is 0 Å². The summed E-state index contributed by atoms with van der Waals surface area (Å²) in [4.78, 5) is 2.93. The monoisotopic (exact) mass is 221 g/mol. The first-order chi connectivity index (χ1) is 7.85. The molecule has 3 rings (SSSR count). The van der Waals surface area contributed by atoms with Gasteiger partial charge in [-0.15, -0.1) is 0 Å². The van der Waals surface area contributed by atoms with Crippen molar-refractivity contribution in [1.82, 2.24) is 4.90 Å². The van der Waals surface area contributed by atoms with E-state index in [1.807, 2.05) is 0 Å². The highest BCUT2D eigenvalue weighted by Crippen LogP contribution is 2.61. The van der Waals surface area contributed by atoms with Crippen LogP contribution in [0.1, 0.15) is 58.8 Å². The molecule has 1 aliphatic heterocycles. The van der Waals surface area contributed by atoms with Crippen LogP contribution >= 0.6 is 0 Å². The zero-order valence-corrected chi connectivity index (χ0v) is 11.0. The lowest BCUT2D eigenvalue weighted by molar-refractivity contribution is -0.0330. The molecule has 1 heteroatoms. The van der Waals surface area contributed by atoms with Gasteiger partial charge in [0.15, 0.2) is 0 Å². The number of likely N-dealkylation sites (tertiary alicyclic amines) is 1. The van der Waals surface area contributed by atoms with E-state index in [2.05, 4.69) is 18.7 Å². The molecule has 0 radical (unpaired) electrons. The Bertz CT molecular complexity index is 250. The van der Waals surface area contributed by atoms with Crippen LogP contribution in [0, 0.1) is 17.8 Å². The molecule has 16 heavy (non-hydrogen) atoms. The van der Waals surface area contributed by atoms with Crippen LogP contribution in [-0.2, 0) is 0 Å². The molecule has 0 amide bonds. The fourth-order valence-corrected chi connectivity index (χ4v) is 4.67. The molecule has 92 valence electrons. The lowest BCUT2D eigenvalue weighted by Gasteiger charge is -2.54. The van der Waals surface area contributed by atoms with Gasteiger partial charge in [0.25, 0.3) is 0 Å². The van der Waals surface area contributed by atoms with Gasteiger partial charge < -0.3 is 0 Å². The average molecular weight is 221 g/mol. The molecule has 2 saturated carbocycles. The van der Waals surface area contributed by atoms with E-state index in [1.165, 1.54) is 38.6 Å². The maximum atomic E-state index is 2.93. The number of hydrogen-bond acceptors (Lipinski definition) is 1. The standard InChI is InChI=1S/C15H27N/c1-3-5-7-13(6-4-2)16-10-12-8-11-9-14(16)15(11)12/h11-15H,3-10H2,1-2H3. The minimum absolute atomic E-state index is 0.932. The molecule has 1 heterocycles. The van der Waals surface area contributed by atoms with E-state index in [0.717, 1.165) is 29.8 Å². The van der Waals surface area contributed by atoms with Crippen molar-refractivity contribution in [1.29, 1.82) is 0 Å². The summed E-state index contributed by atoms with van der Waals surface area (Å²) in [6.45, 7) is 6.14. The van der Waals surface area contributed by atoms with Gasteiger partial charge in [0.2, 0.25) is 0 Å². The summed E-state index contributed by atoms with van der Waals surface area (Å²) in [5.74, 6) is 3.43. The second kappa shape index (κ2) is 4.33. The van der Waals surface area contributed by atoms with E-state index >= 15 is 0 Å². The van der Waals surface area contributed by atoms with Crippen LogP contribution in [0.25, 0.3) is 0 Å². The van der Waals surface area contributed by atoms with Crippen LogP contribution in [-0.4, -0.2) is 23.5 Å². The molecule has 0 N–H and O–H groups in total. The van der Waals surface area contributed by atoms with Gasteiger partial charge >= 0.3 is 0 Å². The SMILES string of the molecule is CCCCC(CCC)N1CC2CC3CC1C32. The summed E-state index contributed by atoms with van der Waals surface area (Å²) in [6.07, 6.45) is 10.2. The molecule has 0 aromatic heterocycles. The largest absolute Gasteiger partial charge is 0.297 e. The van der Waals surface area contributed by atoms with Crippen molar-refractivity contribution in [2.75, 3.05) is 6.54 Å². The summed E-state index contributed by atoms with van der Waals surface area (Å²) in [5.41, 5.74) is 0. The Morgan fingerprint density at radius 2 is 1.94 bits per heavy atom. The van der Waals surface area contributed by atoms with Gasteiger partial charge in [-0.3, -0.25) is 4.90 Å². The van der Waals surface area contributed by atoms with Crippen LogP contribution < -0.4 is 0 Å². The minimum atomic E-state index is 0.932. The highest BCUT2D eigenvalue weighted by Gasteiger charge is 2.61. The summed E-state index contributed by atoms with van der Waals surface area (Å²) in [6, 6.07) is 1.96. The molecule has 3 aliphatic rings. The predicted molar refractivity (Wildman–Crippen MR) is 68.4 cm³/mol. The quantitative estimate of drug-likeness (QED) is 0.661. The van der Waals surface area contributed by atoms with Gasteiger partial charge in [-0.05, 0) is 43.4 Å². The van der Waals surface area contributed by atoms with Gasteiger partial charge in [-0.1, -0.05) is 33.1 Å². The van der Waals surface area contributed by atoms with Gasteiger partial charge in [0, 0.05) is 18.6 Å². The van der Waals surface area contributed by atoms with E-state index in [-0.39, 0.29) is 0 Å². The lowest BCUT2D eigenvalue weighted by atomic mass is 9.53. The maximum absolute atomic E-state index is 2.93. The van der Waals surface area contributed by atoms with Gasteiger partial charge in [0.05, 0.1) is 0 Å². The highest BCUT2D eigenvalue weighted by atomic mass is 15.2. The van der Waals surface area contributed by atoms with E-state index < -0.39 is 0 Å². The molecule has 0 aromatic carbocycles. The van der Waals surface area contributed by atoms with E-state index in [4.69, 9.17) is 0 Å². The Morgan fingerprint density at radius 3 is 2.56 bits per heavy atom. The highest BCUT2D eigenvalue weighted by molar-refractivity contribution is 5.13. The molecule has 3 fully saturated rings. The van der Waals surface area contributed by atoms with Gasteiger partial charge in [-0.2, -0.15) is 0 Å². The van der Waals surface area contributed by atoms with Crippen molar-refractivity contribution in [3.63, 3.8) is 0 Å². The fourth-order valence-electron chi connectivity index (χ4n) is 4.67. The lowest BCUT2D eigenvalue weighted by Crippen LogP contribution is -2.54. The Morgan fingerprint density at radius 1 is 1.06 bits per heavy atom. The van der Waals surface area contributed by atoms with E-state index in [0.29, 0.717) is 0 Å². The zero-order chi connectivity index (χ0) is 11.1. The molecule has 0 spiro atoms. The first kappa shape index (κ1) is 11.1. The fraction of sp³-hybridized carbons (Fsp3) is 1.00. The Hall–Kier alpha value is -0.0400. The summed E-state index contributed by atoms with van der Waals surface area (Å²) in [5, 5.41) is 0. The smallest absolute Gasteiger partial charge is 0.0135 e. The van der Waals surface area contributed by atoms with Crippen molar-refractivity contribution < 1.29 is 0 Å². The first-order valence-corrected chi connectivity index (χ1v) is 7.60. The van der Waals surface area contributed by atoms with Crippen molar-refractivity contribution in [3.05, 3.63) is 0 Å². The number of hydrogen-bond donors (Lipinski definition) is 0. The molecule has 0 aromatic rings. The van der Waals surface area contributed by atoms with Crippen molar-refractivity contribution in [2.45, 2.75) is 70.9 Å². The zero-order valence-electron chi connectivity index (χ0n) is 11.0. The average Bonchev–Trinajstić information content (AvgIpc) is 2.43. The molecular formula is C15H27N. The molecule has 5 atom stereocenters. The van der Waals surface area contributed by atoms with Crippen molar-refractivity contribution in [2.24, 2.45) is 17.8 Å². The molecule has 0 bridgehead atoms. The number of rotatable bonds is 6. The Kier molecular flexibility index (Phi) is 2.99. The molecule has 1 saturated heterocycles. The second-order valence-corrected chi connectivity index (χ2v) is 6.42. The molecule has 2 aliphatic carbocycles. The third-order valence-electron chi connectivity index (χ3n) is 5.54. The third kappa shape index (κ3) is 1.54. The van der Waals surface area contributed by atoms with Crippen LogP contribution in [0.5, 0.6) is 0 Å². The van der Waals surface area contributed by atoms with E-state index in [1.54, 1.807) is 12.8 Å². The second-order valence-electron chi connectivity index (χ2n) is 6.42. The van der Waals surface area contributed by atoms with Gasteiger partial charge in [-0.25, -0.2) is 0 Å². The summed E-state index contributed by atoms with van der Waals surface area (Å²) < 4.78 is 0. The predicted octanol–water partition coefficient (Wildman–Crippen LogP) is 3.69. The van der Waals surface area contributed by atoms with Crippen LogP contribution in [0.2, 0.25) is 0 Å². The maximum Gasteiger partial charge on any atom is 0.0135 e. The molecule has 5 unspecified atom stereocenters. The summed E-state index contributed by atoms with van der Waals surface area (Å²) in [7, 11) is 0.